The smallest absolute Gasteiger partial charge is 0.356 e. The van der Waals surface area contributed by atoms with Crippen molar-refractivity contribution in [3.8, 4) is 0 Å². The molecule has 0 aliphatic carbocycles. The van der Waals surface area contributed by atoms with Gasteiger partial charge in [-0.15, -0.1) is 0 Å². The highest BCUT2D eigenvalue weighted by molar-refractivity contribution is 5.88. The maximum Gasteiger partial charge on any atom is 0.356 e. The predicted octanol–water partition coefficient (Wildman–Crippen LogP) is 0.453. The van der Waals surface area contributed by atoms with Crippen LogP contribution < -0.4 is 0 Å². The minimum atomic E-state index is -1.05. The number of carboxylic acids is 1. The van der Waals surface area contributed by atoms with Crippen molar-refractivity contribution in [2.75, 3.05) is 6.61 Å². The Labute approximate surface area is 86.5 Å². The van der Waals surface area contributed by atoms with E-state index in [1.54, 1.807) is 13.8 Å². The second kappa shape index (κ2) is 4.59. The second-order valence-corrected chi connectivity index (χ2v) is 2.94. The Kier molecular flexibility index (Phi) is 3.43. The molecule has 0 aromatic carbocycles. The van der Waals surface area contributed by atoms with Gasteiger partial charge >= 0.3 is 11.9 Å². The number of carbonyl (C=O) groups is 2. The average molecular weight is 212 g/mol. The van der Waals surface area contributed by atoms with Crippen molar-refractivity contribution in [3.63, 3.8) is 0 Å². The molecule has 6 heteroatoms. The number of aryl methyl sites for hydroxylation is 1. The van der Waals surface area contributed by atoms with Crippen molar-refractivity contribution >= 4 is 11.9 Å². The van der Waals surface area contributed by atoms with E-state index in [1.165, 1.54) is 6.07 Å². The van der Waals surface area contributed by atoms with Crippen LogP contribution in [0.4, 0.5) is 0 Å². The summed E-state index contributed by atoms with van der Waals surface area (Å²) in [5, 5.41) is 12.5. The zero-order valence-corrected chi connectivity index (χ0v) is 8.56. The molecule has 1 N–H and O–H groups in total. The fraction of sp³-hybridized carbons (Fsp3) is 0.444. The van der Waals surface area contributed by atoms with Gasteiger partial charge in [-0.2, -0.15) is 5.10 Å². The highest BCUT2D eigenvalue weighted by atomic mass is 16.5. The summed E-state index contributed by atoms with van der Waals surface area (Å²) < 4.78 is 5.89. The fourth-order valence-corrected chi connectivity index (χ4v) is 1.16. The van der Waals surface area contributed by atoms with Crippen molar-refractivity contribution in [1.29, 1.82) is 0 Å². The van der Waals surface area contributed by atoms with Gasteiger partial charge in [-0.1, -0.05) is 0 Å². The van der Waals surface area contributed by atoms with Crippen LogP contribution in [0.2, 0.25) is 0 Å². The summed E-state index contributed by atoms with van der Waals surface area (Å²) in [5.41, 5.74) is 0.746. The molecule has 1 aromatic rings. The normalized spacial score (nSPS) is 10.0. The van der Waals surface area contributed by atoms with Gasteiger partial charge in [0, 0.05) is 0 Å². The summed E-state index contributed by atoms with van der Waals surface area (Å²) in [6, 6.07) is 1.50. The Hall–Kier alpha value is -1.85. The molecule has 0 fully saturated rings. The molecular formula is C9H12N2O4. The molecule has 0 aliphatic rings. The van der Waals surface area contributed by atoms with Crippen molar-refractivity contribution in [3.05, 3.63) is 17.5 Å². The lowest BCUT2D eigenvalue weighted by molar-refractivity contribution is -0.137. The molecule has 0 radical (unpaired) electrons. The van der Waals surface area contributed by atoms with E-state index in [1.807, 2.05) is 0 Å². The Morgan fingerprint density at radius 3 is 2.80 bits per heavy atom. The number of esters is 1. The number of aromatic nitrogens is 2. The van der Waals surface area contributed by atoms with Gasteiger partial charge in [0.25, 0.3) is 0 Å². The highest BCUT2D eigenvalue weighted by Crippen LogP contribution is 2.05. The van der Waals surface area contributed by atoms with Crippen LogP contribution in [0.25, 0.3) is 0 Å². The first-order valence-corrected chi connectivity index (χ1v) is 4.48. The van der Waals surface area contributed by atoms with Gasteiger partial charge in [0.15, 0.2) is 0 Å². The minimum absolute atomic E-state index is 0.164. The van der Waals surface area contributed by atoms with Crippen molar-refractivity contribution < 1.29 is 19.4 Å². The molecular weight excluding hydrogens is 200 g/mol. The molecule has 1 aromatic heterocycles. The number of aliphatic carboxylic acids is 1. The first-order valence-electron chi connectivity index (χ1n) is 4.48. The van der Waals surface area contributed by atoms with Crippen LogP contribution in [-0.2, 0) is 16.1 Å². The van der Waals surface area contributed by atoms with E-state index in [-0.39, 0.29) is 18.8 Å². The summed E-state index contributed by atoms with van der Waals surface area (Å²) in [6.07, 6.45) is 0. The standard InChI is InChI=1S/C9H12N2O4/c1-3-15-9(14)7-4-6(2)10-11(7)5-8(12)13/h4H,3,5H2,1-2H3,(H,12,13). The molecule has 0 bridgehead atoms. The number of carboxylic acid groups (broad SMARTS) is 1. The summed E-state index contributed by atoms with van der Waals surface area (Å²) in [5.74, 6) is -1.61. The van der Waals surface area contributed by atoms with E-state index >= 15 is 0 Å². The SMILES string of the molecule is CCOC(=O)c1cc(C)nn1CC(=O)O. The van der Waals surface area contributed by atoms with Gasteiger partial charge < -0.3 is 9.84 Å². The van der Waals surface area contributed by atoms with Crippen molar-refractivity contribution in [2.45, 2.75) is 20.4 Å². The summed E-state index contributed by atoms with van der Waals surface area (Å²) >= 11 is 0. The molecule has 0 amide bonds. The summed E-state index contributed by atoms with van der Waals surface area (Å²) in [4.78, 5) is 21.9. The monoisotopic (exact) mass is 212 g/mol. The minimum Gasteiger partial charge on any atom is -0.480 e. The van der Waals surface area contributed by atoms with Crippen LogP contribution in [0, 0.1) is 6.92 Å². The molecule has 0 aliphatic heterocycles. The molecule has 0 saturated carbocycles. The van der Waals surface area contributed by atoms with Gasteiger partial charge in [-0.3, -0.25) is 4.79 Å². The zero-order valence-electron chi connectivity index (χ0n) is 8.56. The van der Waals surface area contributed by atoms with E-state index < -0.39 is 11.9 Å². The maximum atomic E-state index is 11.4. The van der Waals surface area contributed by atoms with E-state index in [2.05, 4.69) is 5.10 Å². The van der Waals surface area contributed by atoms with Gasteiger partial charge in [0.2, 0.25) is 0 Å². The summed E-state index contributed by atoms with van der Waals surface area (Å²) in [6.45, 7) is 3.27. The molecule has 0 atom stereocenters. The van der Waals surface area contributed by atoms with Gasteiger partial charge in [-0.25, -0.2) is 9.48 Å². The second-order valence-electron chi connectivity index (χ2n) is 2.94. The number of hydrogen-bond donors (Lipinski definition) is 1. The molecule has 0 saturated heterocycles. The largest absolute Gasteiger partial charge is 0.480 e. The van der Waals surface area contributed by atoms with Crippen LogP contribution >= 0.6 is 0 Å². The maximum absolute atomic E-state index is 11.4. The fourth-order valence-electron chi connectivity index (χ4n) is 1.16. The number of carbonyl (C=O) groups excluding carboxylic acids is 1. The van der Waals surface area contributed by atoms with E-state index in [4.69, 9.17) is 9.84 Å². The van der Waals surface area contributed by atoms with Crippen molar-refractivity contribution in [1.82, 2.24) is 9.78 Å². The Morgan fingerprint density at radius 2 is 2.27 bits per heavy atom. The van der Waals surface area contributed by atoms with Crippen molar-refractivity contribution in [2.24, 2.45) is 0 Å². The van der Waals surface area contributed by atoms with Gasteiger partial charge in [0.1, 0.15) is 12.2 Å². The molecule has 82 valence electrons. The van der Waals surface area contributed by atoms with Crippen LogP contribution in [0.1, 0.15) is 23.1 Å². The molecule has 0 unspecified atom stereocenters. The quantitative estimate of drug-likeness (QED) is 0.733. The number of hydrogen-bond acceptors (Lipinski definition) is 4. The first-order chi connectivity index (χ1) is 7.04. The third-order valence-corrected chi connectivity index (χ3v) is 1.67. The topological polar surface area (TPSA) is 81.4 Å². The van der Waals surface area contributed by atoms with Crippen LogP contribution in [0.15, 0.2) is 6.07 Å². The van der Waals surface area contributed by atoms with Crippen LogP contribution in [0.3, 0.4) is 0 Å². The lowest BCUT2D eigenvalue weighted by Gasteiger charge is -2.03. The van der Waals surface area contributed by atoms with E-state index in [9.17, 15) is 9.59 Å². The third kappa shape index (κ3) is 2.80. The summed E-state index contributed by atoms with van der Waals surface area (Å²) in [7, 11) is 0. The third-order valence-electron chi connectivity index (χ3n) is 1.67. The average Bonchev–Trinajstić information content (AvgIpc) is 2.46. The number of ether oxygens (including phenoxy) is 1. The van der Waals surface area contributed by atoms with Gasteiger partial charge in [-0.05, 0) is 19.9 Å². The molecule has 1 heterocycles. The molecule has 0 spiro atoms. The van der Waals surface area contributed by atoms with Gasteiger partial charge in [0.05, 0.1) is 12.3 Å². The van der Waals surface area contributed by atoms with E-state index in [0.717, 1.165) is 4.68 Å². The Bertz CT molecular complexity index is 383. The molecule has 6 nitrogen and oxygen atoms in total. The lowest BCUT2D eigenvalue weighted by atomic mass is 10.4. The highest BCUT2D eigenvalue weighted by Gasteiger charge is 2.16. The van der Waals surface area contributed by atoms with Crippen LogP contribution in [0.5, 0.6) is 0 Å². The first kappa shape index (κ1) is 11.2. The van der Waals surface area contributed by atoms with E-state index in [0.29, 0.717) is 5.69 Å². The molecule has 1 rings (SSSR count). The van der Waals surface area contributed by atoms with Crippen LogP contribution in [-0.4, -0.2) is 33.4 Å². The molecule has 15 heavy (non-hydrogen) atoms. The Balaban J connectivity index is 2.95. The zero-order chi connectivity index (χ0) is 11.4. The predicted molar refractivity (Wildman–Crippen MR) is 50.6 cm³/mol. The number of nitrogens with zero attached hydrogens (tertiary/aromatic N) is 2. The number of rotatable bonds is 4. The Morgan fingerprint density at radius 1 is 1.60 bits per heavy atom. The lowest BCUT2D eigenvalue weighted by Crippen LogP contribution is -2.17.